The summed E-state index contributed by atoms with van der Waals surface area (Å²) in [5.74, 6) is 1.17. The van der Waals surface area contributed by atoms with Crippen molar-refractivity contribution in [2.24, 2.45) is 5.92 Å². The molecule has 6 nitrogen and oxygen atoms in total. The van der Waals surface area contributed by atoms with Crippen LogP contribution in [0.3, 0.4) is 0 Å². The molecule has 0 saturated carbocycles. The molecule has 2 aliphatic rings. The molecule has 4 rings (SSSR count). The number of anilines is 1. The van der Waals surface area contributed by atoms with Crippen molar-refractivity contribution in [1.29, 1.82) is 5.26 Å². The Bertz CT molecular complexity index is 764. The third-order valence-corrected chi connectivity index (χ3v) is 4.70. The molecule has 0 amide bonds. The lowest BCUT2D eigenvalue weighted by Crippen LogP contribution is -2.32. The fourth-order valence-electron chi connectivity index (χ4n) is 3.58. The van der Waals surface area contributed by atoms with Gasteiger partial charge in [-0.25, -0.2) is 0 Å². The van der Waals surface area contributed by atoms with Gasteiger partial charge in [0.05, 0.1) is 23.8 Å². The molecule has 1 saturated heterocycles. The summed E-state index contributed by atoms with van der Waals surface area (Å²) < 4.78 is 0. The van der Waals surface area contributed by atoms with E-state index in [-0.39, 0.29) is 5.92 Å². The Labute approximate surface area is 134 Å². The molecule has 116 valence electrons. The van der Waals surface area contributed by atoms with Crippen LogP contribution in [0.4, 0.5) is 5.82 Å². The Morgan fingerprint density at radius 2 is 2.09 bits per heavy atom. The number of rotatable bonds is 2. The molecule has 1 fully saturated rings. The summed E-state index contributed by atoms with van der Waals surface area (Å²) in [6.07, 6.45) is 7.47. The van der Waals surface area contributed by atoms with Crippen molar-refractivity contribution >= 4 is 5.82 Å². The summed E-state index contributed by atoms with van der Waals surface area (Å²) in [4.78, 5) is 4.23. The Balaban J connectivity index is 1.84. The maximum absolute atomic E-state index is 9.87. The van der Waals surface area contributed by atoms with Crippen LogP contribution in [0.15, 0.2) is 42.0 Å². The van der Waals surface area contributed by atoms with Crippen LogP contribution in [0, 0.1) is 17.2 Å². The van der Waals surface area contributed by atoms with Crippen LogP contribution in [0.5, 0.6) is 0 Å². The van der Waals surface area contributed by atoms with E-state index in [0.29, 0.717) is 5.92 Å². The normalized spacial score (nSPS) is 21.4. The molecule has 0 bridgehead atoms. The molecule has 0 aliphatic carbocycles. The largest absolute Gasteiger partial charge is 0.343 e. The molecule has 0 spiro atoms. The van der Waals surface area contributed by atoms with Gasteiger partial charge in [-0.2, -0.15) is 10.4 Å². The van der Waals surface area contributed by atoms with Gasteiger partial charge >= 0.3 is 0 Å². The van der Waals surface area contributed by atoms with Gasteiger partial charge in [-0.1, -0.05) is 6.07 Å². The topological polar surface area (TPSA) is 89.4 Å². The van der Waals surface area contributed by atoms with Gasteiger partial charge in [-0.05, 0) is 37.6 Å². The highest BCUT2D eigenvalue weighted by molar-refractivity contribution is 5.64. The zero-order chi connectivity index (χ0) is 15.6. The molecule has 3 N–H and O–H groups in total. The lowest BCUT2D eigenvalue weighted by atomic mass is 9.79. The predicted molar refractivity (Wildman–Crippen MR) is 86.5 cm³/mol. The fraction of sp³-hybridized carbons (Fsp3) is 0.353. The lowest BCUT2D eigenvalue weighted by molar-refractivity contribution is 0.418. The molecule has 1 unspecified atom stereocenters. The average molecular weight is 306 g/mol. The second-order valence-corrected chi connectivity index (χ2v) is 6.01. The molecule has 6 heteroatoms. The first-order valence-corrected chi connectivity index (χ1v) is 7.93. The fourth-order valence-corrected chi connectivity index (χ4v) is 3.58. The van der Waals surface area contributed by atoms with Crippen LogP contribution < -0.4 is 10.6 Å². The highest BCUT2D eigenvalue weighted by atomic mass is 15.2. The highest BCUT2D eigenvalue weighted by Gasteiger charge is 2.34. The molecule has 2 aromatic rings. The second kappa shape index (κ2) is 5.86. The quantitative estimate of drug-likeness (QED) is 0.791. The van der Waals surface area contributed by atoms with Gasteiger partial charge in [0.25, 0.3) is 0 Å². The number of nitrogens with zero attached hydrogens (tertiary/aromatic N) is 3. The number of fused-ring (bicyclic) bond motifs is 1. The molecule has 2 aromatic heterocycles. The maximum atomic E-state index is 9.87. The van der Waals surface area contributed by atoms with Gasteiger partial charge < -0.3 is 10.6 Å². The number of aromatic nitrogens is 3. The van der Waals surface area contributed by atoms with Gasteiger partial charge in [0.15, 0.2) is 0 Å². The lowest BCUT2D eigenvalue weighted by Gasteiger charge is -2.32. The number of piperidine rings is 1. The van der Waals surface area contributed by atoms with Gasteiger partial charge in [-0.3, -0.25) is 10.1 Å². The molecule has 2 aliphatic heterocycles. The Kier molecular flexibility index (Phi) is 3.56. The van der Waals surface area contributed by atoms with Crippen LogP contribution in [-0.2, 0) is 0 Å². The van der Waals surface area contributed by atoms with Gasteiger partial charge in [-0.15, -0.1) is 0 Å². The number of hydrogen-bond acceptors (Lipinski definition) is 5. The Morgan fingerprint density at radius 3 is 2.83 bits per heavy atom. The first-order valence-electron chi connectivity index (χ1n) is 7.93. The summed E-state index contributed by atoms with van der Waals surface area (Å²) in [5.41, 5.74) is 3.87. The number of nitriles is 1. The molecule has 0 radical (unpaired) electrons. The maximum Gasteiger partial charge on any atom is 0.129 e. The number of H-pyrrole nitrogens is 1. The van der Waals surface area contributed by atoms with Gasteiger partial charge in [0, 0.05) is 29.6 Å². The molecule has 1 atom stereocenters. The average Bonchev–Trinajstić information content (AvgIpc) is 3.09. The molecular weight excluding hydrogens is 288 g/mol. The molecular formula is C17H18N6. The van der Waals surface area contributed by atoms with E-state index >= 15 is 0 Å². The van der Waals surface area contributed by atoms with Crippen molar-refractivity contribution in [3.05, 3.63) is 53.1 Å². The van der Waals surface area contributed by atoms with Crippen molar-refractivity contribution in [1.82, 2.24) is 20.5 Å². The summed E-state index contributed by atoms with van der Waals surface area (Å²) in [7, 11) is 0. The first-order chi connectivity index (χ1) is 11.4. The van der Waals surface area contributed by atoms with E-state index in [0.717, 1.165) is 54.1 Å². The smallest absolute Gasteiger partial charge is 0.129 e. The zero-order valence-corrected chi connectivity index (χ0v) is 12.7. The standard InChI is InChI=1S/C17H18N6/c18-8-13-15(12-2-1-5-20-9-12)14-10-21-23-17(14)22-16(13)11-3-6-19-7-4-11/h1-2,5,9-11,15,19H,3-4,6-7H2,(H2,21,22,23). The van der Waals surface area contributed by atoms with E-state index in [2.05, 4.69) is 31.9 Å². The van der Waals surface area contributed by atoms with Crippen LogP contribution >= 0.6 is 0 Å². The van der Waals surface area contributed by atoms with Gasteiger partial charge in [0.2, 0.25) is 0 Å². The first kappa shape index (κ1) is 14.0. The van der Waals surface area contributed by atoms with Crippen LogP contribution in [0.2, 0.25) is 0 Å². The third kappa shape index (κ3) is 2.39. The summed E-state index contributed by atoms with van der Waals surface area (Å²) in [5, 5.41) is 23.9. The summed E-state index contributed by atoms with van der Waals surface area (Å²) >= 11 is 0. The number of pyridine rings is 1. The van der Waals surface area contributed by atoms with E-state index < -0.39 is 0 Å². The SMILES string of the molecule is N#CC1=C(C2CCNCC2)Nc2[nH]ncc2C1c1cccnc1. The van der Waals surface area contributed by atoms with Crippen LogP contribution in [0.1, 0.15) is 29.9 Å². The Hall–Kier alpha value is -2.65. The van der Waals surface area contributed by atoms with Gasteiger partial charge in [0.1, 0.15) is 5.82 Å². The molecule has 0 aromatic carbocycles. The highest BCUT2D eigenvalue weighted by Crippen LogP contribution is 2.43. The zero-order valence-electron chi connectivity index (χ0n) is 12.7. The minimum atomic E-state index is -0.103. The number of aromatic amines is 1. The minimum absolute atomic E-state index is 0.103. The van der Waals surface area contributed by atoms with Crippen LogP contribution in [-0.4, -0.2) is 28.3 Å². The third-order valence-electron chi connectivity index (χ3n) is 4.70. The van der Waals surface area contributed by atoms with E-state index in [1.165, 1.54) is 0 Å². The van der Waals surface area contributed by atoms with Crippen molar-refractivity contribution in [2.45, 2.75) is 18.8 Å². The monoisotopic (exact) mass is 306 g/mol. The second-order valence-electron chi connectivity index (χ2n) is 6.01. The van der Waals surface area contributed by atoms with E-state index in [1.54, 1.807) is 12.4 Å². The number of hydrogen-bond donors (Lipinski definition) is 3. The van der Waals surface area contributed by atoms with Crippen molar-refractivity contribution in [2.75, 3.05) is 18.4 Å². The van der Waals surface area contributed by atoms with E-state index in [9.17, 15) is 5.26 Å². The van der Waals surface area contributed by atoms with Crippen LogP contribution in [0.25, 0.3) is 0 Å². The van der Waals surface area contributed by atoms with Crippen molar-refractivity contribution in [3.63, 3.8) is 0 Å². The summed E-state index contributed by atoms with van der Waals surface area (Å²) in [6.45, 7) is 1.98. The number of nitrogens with one attached hydrogen (secondary N) is 3. The summed E-state index contributed by atoms with van der Waals surface area (Å²) in [6, 6.07) is 6.40. The Morgan fingerprint density at radius 1 is 1.22 bits per heavy atom. The van der Waals surface area contributed by atoms with Crippen molar-refractivity contribution < 1.29 is 0 Å². The van der Waals surface area contributed by atoms with E-state index in [1.807, 2.05) is 18.3 Å². The number of allylic oxidation sites excluding steroid dienone is 2. The minimum Gasteiger partial charge on any atom is -0.343 e. The molecule has 23 heavy (non-hydrogen) atoms. The molecule has 4 heterocycles. The van der Waals surface area contributed by atoms with Crippen molar-refractivity contribution in [3.8, 4) is 6.07 Å². The predicted octanol–water partition coefficient (Wildman–Crippen LogP) is 2.14. The van der Waals surface area contributed by atoms with E-state index in [4.69, 9.17) is 0 Å².